The molecule has 1 aromatic carbocycles. The number of hydrogen-bond acceptors (Lipinski definition) is 4. The number of hydrogen-bond donors (Lipinski definition) is 1. The minimum absolute atomic E-state index is 0.133. The summed E-state index contributed by atoms with van der Waals surface area (Å²) in [5, 5.41) is 3.47. The lowest BCUT2D eigenvalue weighted by atomic mass is 10.1. The van der Waals surface area contributed by atoms with Gasteiger partial charge in [-0.25, -0.2) is 0 Å². The molecule has 0 amide bonds. The molecule has 2 atom stereocenters. The first-order valence-corrected chi connectivity index (χ1v) is 9.03. The van der Waals surface area contributed by atoms with Gasteiger partial charge in [-0.3, -0.25) is 4.99 Å². The van der Waals surface area contributed by atoms with E-state index in [1.54, 1.807) is 7.11 Å². The zero-order valence-corrected chi connectivity index (χ0v) is 15.5. The van der Waals surface area contributed by atoms with Crippen LogP contribution in [-0.2, 0) is 16.0 Å². The van der Waals surface area contributed by atoms with Gasteiger partial charge in [0.1, 0.15) is 11.9 Å². The summed E-state index contributed by atoms with van der Waals surface area (Å²) in [6.45, 7) is 6.03. The first kappa shape index (κ1) is 18.0. The SMILES string of the molecule is CN=C(NCc1cc(C)cc(OC)c1)N1CCOC(C2CCCO2)C1. The Balaban J connectivity index is 1.59. The molecule has 2 saturated heterocycles. The van der Waals surface area contributed by atoms with Gasteiger partial charge in [0.25, 0.3) is 0 Å². The number of methoxy groups -OCH3 is 1. The van der Waals surface area contributed by atoms with E-state index in [4.69, 9.17) is 14.2 Å². The highest BCUT2D eigenvalue weighted by molar-refractivity contribution is 5.80. The molecule has 0 bridgehead atoms. The summed E-state index contributed by atoms with van der Waals surface area (Å²) < 4.78 is 17.1. The fourth-order valence-electron chi connectivity index (χ4n) is 3.55. The van der Waals surface area contributed by atoms with Crippen molar-refractivity contribution in [1.29, 1.82) is 0 Å². The summed E-state index contributed by atoms with van der Waals surface area (Å²) in [4.78, 5) is 6.72. The number of nitrogens with zero attached hydrogens (tertiary/aromatic N) is 2. The fourth-order valence-corrected chi connectivity index (χ4v) is 3.55. The Labute approximate surface area is 150 Å². The van der Waals surface area contributed by atoms with E-state index in [2.05, 4.69) is 34.3 Å². The third-order valence-electron chi connectivity index (χ3n) is 4.78. The van der Waals surface area contributed by atoms with E-state index < -0.39 is 0 Å². The van der Waals surface area contributed by atoms with Crippen LogP contribution in [0.2, 0.25) is 0 Å². The number of guanidine groups is 1. The second-order valence-electron chi connectivity index (χ2n) is 6.67. The molecule has 25 heavy (non-hydrogen) atoms. The number of aryl methyl sites for hydroxylation is 1. The highest BCUT2D eigenvalue weighted by Gasteiger charge is 2.32. The van der Waals surface area contributed by atoms with Gasteiger partial charge in [0.05, 0.1) is 19.8 Å². The van der Waals surface area contributed by atoms with Gasteiger partial charge in [0.2, 0.25) is 0 Å². The van der Waals surface area contributed by atoms with Crippen molar-refractivity contribution < 1.29 is 14.2 Å². The average Bonchev–Trinajstić information content (AvgIpc) is 3.17. The molecule has 0 aliphatic carbocycles. The fraction of sp³-hybridized carbons (Fsp3) is 0.632. The third-order valence-corrected chi connectivity index (χ3v) is 4.78. The molecule has 3 rings (SSSR count). The Bertz CT molecular complexity index is 600. The maximum absolute atomic E-state index is 5.93. The molecule has 0 aromatic heterocycles. The molecule has 0 spiro atoms. The number of benzene rings is 1. The van der Waals surface area contributed by atoms with Crippen LogP contribution in [0.15, 0.2) is 23.2 Å². The lowest BCUT2D eigenvalue weighted by molar-refractivity contribution is -0.0817. The summed E-state index contributed by atoms with van der Waals surface area (Å²) in [7, 11) is 3.53. The van der Waals surface area contributed by atoms with Crippen molar-refractivity contribution in [2.75, 3.05) is 40.5 Å². The molecule has 1 aromatic rings. The normalized spacial score (nSPS) is 24.4. The van der Waals surface area contributed by atoms with Gasteiger partial charge in [-0.1, -0.05) is 6.07 Å². The van der Waals surface area contributed by atoms with Crippen molar-refractivity contribution in [2.24, 2.45) is 4.99 Å². The topological polar surface area (TPSA) is 55.3 Å². The average molecular weight is 347 g/mol. The molecule has 6 nitrogen and oxygen atoms in total. The van der Waals surface area contributed by atoms with E-state index in [1.165, 1.54) is 11.1 Å². The van der Waals surface area contributed by atoms with Crippen LogP contribution in [0.4, 0.5) is 0 Å². The van der Waals surface area contributed by atoms with Crippen LogP contribution in [0.25, 0.3) is 0 Å². The number of nitrogens with one attached hydrogen (secondary N) is 1. The second-order valence-corrected chi connectivity index (χ2v) is 6.67. The smallest absolute Gasteiger partial charge is 0.194 e. The highest BCUT2D eigenvalue weighted by atomic mass is 16.5. The second kappa shape index (κ2) is 8.54. The minimum Gasteiger partial charge on any atom is -0.497 e. The number of aliphatic imine (C=N–C) groups is 1. The largest absolute Gasteiger partial charge is 0.497 e. The molecule has 138 valence electrons. The van der Waals surface area contributed by atoms with Gasteiger partial charge in [-0.05, 0) is 43.0 Å². The molecule has 2 aliphatic rings. The van der Waals surface area contributed by atoms with Crippen LogP contribution in [0.1, 0.15) is 24.0 Å². The van der Waals surface area contributed by atoms with Gasteiger partial charge in [-0.15, -0.1) is 0 Å². The zero-order valence-electron chi connectivity index (χ0n) is 15.5. The van der Waals surface area contributed by atoms with Crippen molar-refractivity contribution in [3.63, 3.8) is 0 Å². The quantitative estimate of drug-likeness (QED) is 0.667. The molecule has 2 heterocycles. The Kier molecular flexibility index (Phi) is 6.15. The van der Waals surface area contributed by atoms with E-state index in [-0.39, 0.29) is 12.2 Å². The van der Waals surface area contributed by atoms with Crippen molar-refractivity contribution in [1.82, 2.24) is 10.2 Å². The van der Waals surface area contributed by atoms with Crippen molar-refractivity contribution >= 4 is 5.96 Å². The molecular weight excluding hydrogens is 318 g/mol. The molecule has 1 N–H and O–H groups in total. The Morgan fingerprint density at radius 1 is 1.28 bits per heavy atom. The predicted octanol–water partition coefficient (Wildman–Crippen LogP) is 1.96. The van der Waals surface area contributed by atoms with Gasteiger partial charge < -0.3 is 24.4 Å². The standard InChI is InChI=1S/C19H29N3O3/c1-14-9-15(11-16(10-14)23-3)12-21-19(20-2)22-6-8-25-18(13-22)17-5-4-7-24-17/h9-11,17-18H,4-8,12-13H2,1-3H3,(H,20,21). The van der Waals surface area contributed by atoms with Gasteiger partial charge in [0, 0.05) is 33.3 Å². The van der Waals surface area contributed by atoms with Crippen molar-refractivity contribution in [3.05, 3.63) is 29.3 Å². The molecule has 2 aliphatic heterocycles. The predicted molar refractivity (Wildman–Crippen MR) is 98.2 cm³/mol. The van der Waals surface area contributed by atoms with Crippen LogP contribution >= 0.6 is 0 Å². The van der Waals surface area contributed by atoms with Crippen molar-refractivity contribution in [2.45, 2.75) is 38.5 Å². The lowest BCUT2D eigenvalue weighted by Gasteiger charge is -2.37. The summed E-state index contributed by atoms with van der Waals surface area (Å²) in [6, 6.07) is 6.26. The van der Waals surface area contributed by atoms with E-state index in [0.717, 1.165) is 44.2 Å². The third kappa shape index (κ3) is 4.64. The zero-order chi connectivity index (χ0) is 17.6. The lowest BCUT2D eigenvalue weighted by Crippen LogP contribution is -2.53. The molecular formula is C19H29N3O3. The molecule has 0 radical (unpaired) electrons. The van der Waals surface area contributed by atoms with Crippen LogP contribution in [-0.4, -0.2) is 63.5 Å². The molecule has 2 unspecified atom stereocenters. The maximum Gasteiger partial charge on any atom is 0.194 e. The summed E-state index contributed by atoms with van der Waals surface area (Å²) >= 11 is 0. The van der Waals surface area contributed by atoms with Crippen LogP contribution in [0.5, 0.6) is 5.75 Å². The van der Waals surface area contributed by atoms with Crippen LogP contribution < -0.4 is 10.1 Å². The Morgan fingerprint density at radius 2 is 2.12 bits per heavy atom. The van der Waals surface area contributed by atoms with Gasteiger partial charge >= 0.3 is 0 Å². The van der Waals surface area contributed by atoms with Crippen molar-refractivity contribution in [3.8, 4) is 5.75 Å². The minimum atomic E-state index is 0.133. The molecule has 6 heteroatoms. The van der Waals surface area contributed by atoms with E-state index in [0.29, 0.717) is 13.2 Å². The molecule has 0 saturated carbocycles. The number of morpholine rings is 1. The first-order chi connectivity index (χ1) is 12.2. The van der Waals surface area contributed by atoms with Crippen LogP contribution in [0, 0.1) is 6.92 Å². The van der Waals surface area contributed by atoms with E-state index in [1.807, 2.05) is 13.1 Å². The maximum atomic E-state index is 5.93. The number of ether oxygens (including phenoxy) is 3. The van der Waals surface area contributed by atoms with Gasteiger partial charge in [-0.2, -0.15) is 0 Å². The monoisotopic (exact) mass is 347 g/mol. The first-order valence-electron chi connectivity index (χ1n) is 9.03. The van der Waals surface area contributed by atoms with Crippen LogP contribution in [0.3, 0.4) is 0 Å². The summed E-state index contributed by atoms with van der Waals surface area (Å²) in [5.74, 6) is 1.79. The summed E-state index contributed by atoms with van der Waals surface area (Å²) in [5.41, 5.74) is 2.37. The summed E-state index contributed by atoms with van der Waals surface area (Å²) in [6.07, 6.45) is 2.58. The van der Waals surface area contributed by atoms with E-state index in [9.17, 15) is 0 Å². The Hall–Kier alpha value is -1.79. The van der Waals surface area contributed by atoms with Gasteiger partial charge in [0.15, 0.2) is 5.96 Å². The molecule has 2 fully saturated rings. The number of rotatable bonds is 4. The van der Waals surface area contributed by atoms with E-state index >= 15 is 0 Å². The Morgan fingerprint density at radius 3 is 2.84 bits per heavy atom. The highest BCUT2D eigenvalue weighted by Crippen LogP contribution is 2.21.